The Balaban J connectivity index is 0.00000208. The van der Waals surface area contributed by atoms with E-state index >= 15 is 0 Å². The fourth-order valence-corrected chi connectivity index (χ4v) is 2.40. The highest BCUT2D eigenvalue weighted by Gasteiger charge is 2.11. The molecule has 2 heterocycles. The van der Waals surface area contributed by atoms with Crippen LogP contribution < -0.4 is 20.5 Å². The van der Waals surface area contributed by atoms with Crippen LogP contribution in [0.2, 0.25) is 0 Å². The van der Waals surface area contributed by atoms with Crippen molar-refractivity contribution in [1.29, 1.82) is 0 Å². The van der Waals surface area contributed by atoms with E-state index in [-0.39, 0.29) is 24.0 Å². The van der Waals surface area contributed by atoms with Gasteiger partial charge < -0.3 is 20.5 Å². The standard InChI is InChI=1S/C16H21N5O2.HI/c1-10-13(11(2)21-20-10)9-18-16(17)19-12-4-5-14-15(8-12)23-7-3-6-22-14;/h4-5,8H,3,6-7,9H2,1-2H3,(H,20,21)(H3,17,18,19);1H. The number of anilines is 1. The highest BCUT2D eigenvalue weighted by atomic mass is 127. The second kappa shape index (κ2) is 8.22. The number of fused-ring (bicyclic) bond motifs is 1. The molecule has 0 spiro atoms. The Morgan fingerprint density at radius 1 is 1.29 bits per heavy atom. The van der Waals surface area contributed by atoms with E-state index in [0.29, 0.717) is 25.7 Å². The van der Waals surface area contributed by atoms with Crippen molar-refractivity contribution in [3.63, 3.8) is 0 Å². The van der Waals surface area contributed by atoms with Crippen molar-refractivity contribution in [3.8, 4) is 11.5 Å². The van der Waals surface area contributed by atoms with Crippen molar-refractivity contribution in [2.75, 3.05) is 18.5 Å². The first kappa shape index (κ1) is 18.4. The Hall–Kier alpha value is -1.97. The second-order valence-electron chi connectivity index (χ2n) is 5.45. The molecule has 130 valence electrons. The van der Waals surface area contributed by atoms with Gasteiger partial charge in [-0.1, -0.05) is 0 Å². The van der Waals surface area contributed by atoms with E-state index in [1.165, 1.54) is 0 Å². The molecule has 4 N–H and O–H groups in total. The van der Waals surface area contributed by atoms with E-state index in [2.05, 4.69) is 20.5 Å². The number of ether oxygens (including phenoxy) is 2. The largest absolute Gasteiger partial charge is 0.490 e. The van der Waals surface area contributed by atoms with Crippen LogP contribution in [-0.2, 0) is 6.54 Å². The number of nitrogens with one attached hydrogen (secondary N) is 2. The molecule has 3 rings (SSSR count). The summed E-state index contributed by atoms with van der Waals surface area (Å²) in [5.74, 6) is 1.83. The normalized spacial score (nSPS) is 13.8. The molecule has 0 amide bonds. The van der Waals surface area contributed by atoms with Gasteiger partial charge in [-0.2, -0.15) is 5.10 Å². The van der Waals surface area contributed by atoms with Gasteiger partial charge in [0.1, 0.15) is 0 Å². The third-order valence-electron chi connectivity index (χ3n) is 3.71. The summed E-state index contributed by atoms with van der Waals surface area (Å²) in [6, 6.07) is 5.64. The zero-order chi connectivity index (χ0) is 16.2. The molecule has 0 atom stereocenters. The highest BCUT2D eigenvalue weighted by Crippen LogP contribution is 2.32. The minimum absolute atomic E-state index is 0. The molecule has 0 saturated heterocycles. The van der Waals surface area contributed by atoms with E-state index in [0.717, 1.165) is 40.6 Å². The first-order valence-electron chi connectivity index (χ1n) is 7.60. The van der Waals surface area contributed by atoms with Crippen LogP contribution in [0.1, 0.15) is 23.4 Å². The molecule has 1 aromatic heterocycles. The monoisotopic (exact) mass is 443 g/mol. The maximum atomic E-state index is 5.97. The highest BCUT2D eigenvalue weighted by molar-refractivity contribution is 14.0. The van der Waals surface area contributed by atoms with E-state index < -0.39 is 0 Å². The predicted molar refractivity (Wildman–Crippen MR) is 104 cm³/mol. The van der Waals surface area contributed by atoms with Crippen LogP contribution in [-0.4, -0.2) is 29.4 Å². The number of rotatable bonds is 3. The SMILES string of the molecule is Cc1n[nH]c(C)c1CN=C(N)Nc1ccc2c(c1)OCCCO2.I. The van der Waals surface area contributed by atoms with Gasteiger partial charge in [-0.25, -0.2) is 4.99 Å². The molecule has 7 nitrogen and oxygen atoms in total. The summed E-state index contributed by atoms with van der Waals surface area (Å²) < 4.78 is 11.3. The van der Waals surface area contributed by atoms with Crippen LogP contribution in [0.15, 0.2) is 23.2 Å². The number of aliphatic imine (C=N–C) groups is 1. The Morgan fingerprint density at radius 2 is 2.04 bits per heavy atom. The van der Waals surface area contributed by atoms with E-state index in [9.17, 15) is 0 Å². The van der Waals surface area contributed by atoms with Gasteiger partial charge in [-0.05, 0) is 26.0 Å². The summed E-state index contributed by atoms with van der Waals surface area (Å²) >= 11 is 0. The van der Waals surface area contributed by atoms with Crippen LogP contribution in [0, 0.1) is 13.8 Å². The summed E-state index contributed by atoms with van der Waals surface area (Å²) in [5, 5.41) is 10.2. The molecule has 24 heavy (non-hydrogen) atoms. The fourth-order valence-electron chi connectivity index (χ4n) is 2.40. The molecule has 1 aliphatic heterocycles. The van der Waals surface area contributed by atoms with Crippen molar-refractivity contribution in [2.24, 2.45) is 10.7 Å². The van der Waals surface area contributed by atoms with Crippen LogP contribution in [0.3, 0.4) is 0 Å². The average molecular weight is 443 g/mol. The fraction of sp³-hybridized carbons (Fsp3) is 0.375. The molecule has 0 saturated carbocycles. The van der Waals surface area contributed by atoms with E-state index in [4.69, 9.17) is 15.2 Å². The van der Waals surface area contributed by atoms with Gasteiger partial charge in [0.15, 0.2) is 17.5 Å². The number of aromatic nitrogens is 2. The molecule has 8 heteroatoms. The third-order valence-corrected chi connectivity index (χ3v) is 3.71. The zero-order valence-corrected chi connectivity index (χ0v) is 16.1. The number of benzene rings is 1. The van der Waals surface area contributed by atoms with Gasteiger partial charge in [-0.15, -0.1) is 24.0 Å². The lowest BCUT2D eigenvalue weighted by Crippen LogP contribution is -2.22. The van der Waals surface area contributed by atoms with Gasteiger partial charge in [0.25, 0.3) is 0 Å². The second-order valence-corrected chi connectivity index (χ2v) is 5.45. The van der Waals surface area contributed by atoms with Gasteiger partial charge in [0.05, 0.1) is 25.5 Å². The lowest BCUT2D eigenvalue weighted by Gasteiger charge is -2.10. The molecule has 0 aliphatic carbocycles. The van der Waals surface area contributed by atoms with Crippen molar-refractivity contribution in [3.05, 3.63) is 35.2 Å². The summed E-state index contributed by atoms with van der Waals surface area (Å²) in [7, 11) is 0. The summed E-state index contributed by atoms with van der Waals surface area (Å²) in [4.78, 5) is 4.37. The van der Waals surface area contributed by atoms with Crippen LogP contribution >= 0.6 is 24.0 Å². The molecule has 0 bridgehead atoms. The smallest absolute Gasteiger partial charge is 0.193 e. The minimum Gasteiger partial charge on any atom is -0.490 e. The van der Waals surface area contributed by atoms with Crippen molar-refractivity contribution < 1.29 is 9.47 Å². The Kier molecular flexibility index (Phi) is 6.29. The molecule has 1 aromatic carbocycles. The van der Waals surface area contributed by atoms with Crippen molar-refractivity contribution >= 4 is 35.6 Å². The maximum Gasteiger partial charge on any atom is 0.193 e. The lowest BCUT2D eigenvalue weighted by atomic mass is 10.2. The molecular formula is C16H22IN5O2. The molecule has 0 fully saturated rings. The number of H-pyrrole nitrogens is 1. The van der Waals surface area contributed by atoms with Crippen molar-refractivity contribution in [1.82, 2.24) is 10.2 Å². The number of halogens is 1. The summed E-state index contributed by atoms with van der Waals surface area (Å²) in [6.45, 7) is 5.73. The van der Waals surface area contributed by atoms with Crippen LogP contribution in [0.5, 0.6) is 11.5 Å². The number of aromatic amines is 1. The molecule has 1 aliphatic rings. The van der Waals surface area contributed by atoms with E-state index in [1.54, 1.807) is 0 Å². The van der Waals surface area contributed by atoms with Crippen LogP contribution in [0.4, 0.5) is 5.69 Å². The quantitative estimate of drug-likeness (QED) is 0.385. The summed E-state index contributed by atoms with van der Waals surface area (Å²) in [5.41, 5.74) is 9.79. The number of hydrogen-bond acceptors (Lipinski definition) is 4. The van der Waals surface area contributed by atoms with Gasteiger partial charge in [0, 0.05) is 29.4 Å². The maximum absolute atomic E-state index is 5.97. The Bertz CT molecular complexity index is 710. The first-order chi connectivity index (χ1) is 11.1. The number of hydrogen-bond donors (Lipinski definition) is 3. The van der Waals surface area contributed by atoms with Crippen molar-refractivity contribution in [2.45, 2.75) is 26.8 Å². The van der Waals surface area contributed by atoms with E-state index in [1.807, 2.05) is 32.0 Å². The topological polar surface area (TPSA) is 97.6 Å². The minimum atomic E-state index is 0. The number of nitrogens with two attached hydrogens (primary N) is 1. The predicted octanol–water partition coefficient (Wildman–Crippen LogP) is 2.73. The Labute approximate surface area is 158 Å². The van der Waals surface area contributed by atoms with Crippen LogP contribution in [0.25, 0.3) is 0 Å². The number of aryl methyl sites for hydroxylation is 2. The number of guanidine groups is 1. The van der Waals surface area contributed by atoms with Gasteiger partial charge in [0.2, 0.25) is 0 Å². The molecular weight excluding hydrogens is 421 g/mol. The summed E-state index contributed by atoms with van der Waals surface area (Å²) in [6.07, 6.45) is 0.879. The Morgan fingerprint density at radius 3 is 2.75 bits per heavy atom. The molecule has 0 radical (unpaired) electrons. The van der Waals surface area contributed by atoms with Gasteiger partial charge >= 0.3 is 0 Å². The zero-order valence-electron chi connectivity index (χ0n) is 13.8. The average Bonchev–Trinajstić information content (AvgIpc) is 2.74. The first-order valence-corrected chi connectivity index (χ1v) is 7.60. The molecule has 0 unspecified atom stereocenters. The lowest BCUT2D eigenvalue weighted by molar-refractivity contribution is 0.297. The third kappa shape index (κ3) is 4.31. The van der Waals surface area contributed by atoms with Gasteiger partial charge in [-0.3, -0.25) is 5.10 Å². The molecule has 2 aromatic rings. The number of nitrogens with zero attached hydrogens (tertiary/aromatic N) is 2.